The van der Waals surface area contributed by atoms with Gasteiger partial charge in [-0.1, -0.05) is 12.8 Å². The number of nitrogens with one attached hydrogen (secondary N) is 2. The predicted octanol–water partition coefficient (Wildman–Crippen LogP) is 0.0690. The van der Waals surface area contributed by atoms with E-state index in [9.17, 15) is 14.7 Å². The van der Waals surface area contributed by atoms with E-state index >= 15 is 0 Å². The molecule has 108 valence electrons. The Bertz CT molecular complexity index is 361. The molecule has 1 aliphatic carbocycles. The summed E-state index contributed by atoms with van der Waals surface area (Å²) in [6.45, 7) is 1.69. The van der Waals surface area contributed by atoms with Gasteiger partial charge >= 0.3 is 6.03 Å². The zero-order chi connectivity index (χ0) is 13.9. The normalized spacial score (nSPS) is 31.4. The van der Waals surface area contributed by atoms with Gasteiger partial charge in [-0.05, 0) is 19.3 Å². The van der Waals surface area contributed by atoms with Crippen molar-refractivity contribution in [2.45, 2.75) is 37.7 Å². The molecule has 1 aliphatic heterocycles. The molecular formula is C13H23N3O3. The number of carbonyl (C=O) groups excluding carboxylic acids is 2. The summed E-state index contributed by atoms with van der Waals surface area (Å²) in [6, 6.07) is -0.476. The van der Waals surface area contributed by atoms with Crippen LogP contribution in [0.15, 0.2) is 0 Å². The van der Waals surface area contributed by atoms with Gasteiger partial charge in [-0.2, -0.15) is 0 Å². The molecule has 1 saturated carbocycles. The lowest BCUT2D eigenvalue weighted by Gasteiger charge is -2.47. The van der Waals surface area contributed by atoms with Crippen LogP contribution < -0.4 is 10.6 Å². The van der Waals surface area contributed by atoms with Crippen molar-refractivity contribution in [3.63, 3.8) is 0 Å². The van der Waals surface area contributed by atoms with Crippen molar-refractivity contribution in [2.75, 3.05) is 26.7 Å². The Kier molecular flexibility index (Phi) is 4.42. The number of rotatable bonds is 2. The van der Waals surface area contributed by atoms with Crippen molar-refractivity contribution < 1.29 is 14.7 Å². The molecule has 19 heavy (non-hydrogen) atoms. The highest BCUT2D eigenvalue weighted by atomic mass is 16.3. The molecule has 1 heterocycles. The quantitative estimate of drug-likeness (QED) is 0.662. The van der Waals surface area contributed by atoms with Crippen LogP contribution in [0.5, 0.6) is 0 Å². The molecule has 2 unspecified atom stereocenters. The number of hydrogen-bond acceptors (Lipinski definition) is 4. The van der Waals surface area contributed by atoms with Crippen LogP contribution in [-0.2, 0) is 4.79 Å². The zero-order valence-electron chi connectivity index (χ0n) is 11.4. The minimum atomic E-state index is -0.522. The summed E-state index contributed by atoms with van der Waals surface area (Å²) in [6.07, 6.45) is 4.90. The second kappa shape index (κ2) is 5.88. The topological polar surface area (TPSA) is 81.7 Å². The van der Waals surface area contributed by atoms with Crippen molar-refractivity contribution >= 4 is 11.9 Å². The van der Waals surface area contributed by atoms with Crippen molar-refractivity contribution in [3.8, 4) is 0 Å². The van der Waals surface area contributed by atoms with Crippen LogP contribution >= 0.6 is 0 Å². The third kappa shape index (κ3) is 3.45. The highest BCUT2D eigenvalue weighted by molar-refractivity contribution is 5.95. The lowest BCUT2D eigenvalue weighted by molar-refractivity contribution is -0.126. The standard InChI is InChI=1S/C13H23N3O3/c1-14-12(18)15-11(17)9-16-7-6-13(19)5-3-2-4-10(13)8-16/h10,19H,2-9H2,1H3,(H2,14,15,17,18). The summed E-state index contributed by atoms with van der Waals surface area (Å²) in [7, 11) is 1.48. The Labute approximate surface area is 113 Å². The number of fused-ring (bicyclic) bond motifs is 1. The number of urea groups is 1. The second-order valence-electron chi connectivity index (χ2n) is 5.66. The zero-order valence-corrected chi connectivity index (χ0v) is 11.4. The van der Waals surface area contributed by atoms with Crippen LogP contribution in [0.4, 0.5) is 4.79 Å². The molecule has 3 amide bonds. The number of nitrogens with zero attached hydrogens (tertiary/aromatic N) is 1. The molecule has 2 aliphatic rings. The van der Waals surface area contributed by atoms with Gasteiger partial charge in [0.1, 0.15) is 0 Å². The fourth-order valence-electron chi connectivity index (χ4n) is 3.22. The molecule has 2 atom stereocenters. The lowest BCUT2D eigenvalue weighted by Crippen LogP contribution is -2.55. The Balaban J connectivity index is 1.84. The molecule has 0 radical (unpaired) electrons. The Morgan fingerprint density at radius 1 is 1.37 bits per heavy atom. The highest BCUT2D eigenvalue weighted by Crippen LogP contribution is 2.39. The largest absolute Gasteiger partial charge is 0.390 e. The van der Waals surface area contributed by atoms with E-state index in [1.54, 1.807) is 0 Å². The maximum absolute atomic E-state index is 11.6. The number of likely N-dealkylation sites (tertiary alicyclic amines) is 1. The van der Waals surface area contributed by atoms with Crippen LogP contribution in [0.25, 0.3) is 0 Å². The van der Waals surface area contributed by atoms with Gasteiger partial charge in [0.25, 0.3) is 0 Å². The van der Waals surface area contributed by atoms with E-state index in [1.165, 1.54) is 7.05 Å². The molecule has 6 heteroatoms. The Morgan fingerprint density at radius 2 is 2.16 bits per heavy atom. The predicted molar refractivity (Wildman–Crippen MR) is 70.6 cm³/mol. The first-order chi connectivity index (χ1) is 9.03. The van der Waals surface area contributed by atoms with E-state index in [-0.39, 0.29) is 18.4 Å². The van der Waals surface area contributed by atoms with Gasteiger partial charge < -0.3 is 10.4 Å². The first kappa shape index (κ1) is 14.3. The van der Waals surface area contributed by atoms with Crippen LogP contribution in [0.3, 0.4) is 0 Å². The fourth-order valence-corrected chi connectivity index (χ4v) is 3.22. The minimum Gasteiger partial charge on any atom is -0.390 e. The van der Waals surface area contributed by atoms with Gasteiger partial charge in [-0.25, -0.2) is 4.79 Å². The first-order valence-electron chi connectivity index (χ1n) is 7.00. The van der Waals surface area contributed by atoms with Gasteiger partial charge in [0.2, 0.25) is 5.91 Å². The van der Waals surface area contributed by atoms with Gasteiger partial charge in [0.15, 0.2) is 0 Å². The molecule has 3 N–H and O–H groups in total. The van der Waals surface area contributed by atoms with Gasteiger partial charge in [-0.15, -0.1) is 0 Å². The molecule has 2 fully saturated rings. The molecule has 2 rings (SSSR count). The third-order valence-electron chi connectivity index (χ3n) is 4.36. The number of piperidine rings is 1. The van der Waals surface area contributed by atoms with Crippen LogP contribution in [-0.4, -0.2) is 54.2 Å². The number of carbonyl (C=O) groups is 2. The van der Waals surface area contributed by atoms with Crippen LogP contribution in [0.2, 0.25) is 0 Å². The average molecular weight is 269 g/mol. The monoisotopic (exact) mass is 269 g/mol. The molecule has 0 spiro atoms. The van der Waals surface area contributed by atoms with E-state index in [0.29, 0.717) is 6.54 Å². The van der Waals surface area contributed by atoms with Gasteiger partial charge in [0, 0.05) is 26.1 Å². The van der Waals surface area contributed by atoms with Crippen molar-refractivity contribution in [2.24, 2.45) is 5.92 Å². The van der Waals surface area contributed by atoms with E-state index in [0.717, 1.165) is 38.6 Å². The summed E-state index contributed by atoms with van der Waals surface area (Å²) < 4.78 is 0. The lowest BCUT2D eigenvalue weighted by atomic mass is 9.71. The average Bonchev–Trinajstić information content (AvgIpc) is 2.38. The summed E-state index contributed by atoms with van der Waals surface area (Å²) in [5.41, 5.74) is -0.522. The summed E-state index contributed by atoms with van der Waals surface area (Å²) in [5.74, 6) is -0.0246. The SMILES string of the molecule is CNC(=O)NC(=O)CN1CCC2(O)CCCCC2C1. The van der Waals surface area contributed by atoms with E-state index in [2.05, 4.69) is 10.6 Å². The molecule has 0 aromatic heterocycles. The van der Waals surface area contributed by atoms with Crippen molar-refractivity contribution in [3.05, 3.63) is 0 Å². The smallest absolute Gasteiger partial charge is 0.321 e. The second-order valence-corrected chi connectivity index (χ2v) is 5.66. The molecule has 0 bridgehead atoms. The number of hydrogen-bond donors (Lipinski definition) is 3. The van der Waals surface area contributed by atoms with Gasteiger partial charge in [0.05, 0.1) is 12.1 Å². The minimum absolute atomic E-state index is 0.222. The first-order valence-corrected chi connectivity index (χ1v) is 7.00. The summed E-state index contributed by atoms with van der Waals surface area (Å²) >= 11 is 0. The maximum atomic E-state index is 11.6. The molecule has 0 aromatic rings. The van der Waals surface area contributed by atoms with Crippen molar-refractivity contribution in [1.29, 1.82) is 0 Å². The molecular weight excluding hydrogens is 246 g/mol. The number of imide groups is 1. The van der Waals surface area contributed by atoms with Crippen LogP contribution in [0, 0.1) is 5.92 Å². The van der Waals surface area contributed by atoms with Crippen molar-refractivity contribution in [1.82, 2.24) is 15.5 Å². The molecule has 6 nitrogen and oxygen atoms in total. The van der Waals surface area contributed by atoms with E-state index in [4.69, 9.17) is 0 Å². The highest BCUT2D eigenvalue weighted by Gasteiger charge is 2.42. The molecule has 1 saturated heterocycles. The van der Waals surface area contributed by atoms with E-state index in [1.807, 2.05) is 4.90 Å². The number of amides is 3. The van der Waals surface area contributed by atoms with E-state index < -0.39 is 11.6 Å². The maximum Gasteiger partial charge on any atom is 0.321 e. The summed E-state index contributed by atoms with van der Waals surface area (Å²) in [5, 5.41) is 15.2. The van der Waals surface area contributed by atoms with Gasteiger partial charge in [-0.3, -0.25) is 15.0 Å². The Hall–Kier alpha value is -1.14. The molecule has 0 aromatic carbocycles. The number of aliphatic hydroxyl groups is 1. The fraction of sp³-hybridized carbons (Fsp3) is 0.846. The Morgan fingerprint density at radius 3 is 2.89 bits per heavy atom. The summed E-state index contributed by atoms with van der Waals surface area (Å²) in [4.78, 5) is 24.7. The van der Waals surface area contributed by atoms with Crippen LogP contribution in [0.1, 0.15) is 32.1 Å². The third-order valence-corrected chi connectivity index (χ3v) is 4.36.